The monoisotopic (exact) mass is 344 g/mol. The van der Waals surface area contributed by atoms with E-state index >= 15 is 0 Å². The molecule has 1 amide bonds. The van der Waals surface area contributed by atoms with Crippen molar-refractivity contribution in [3.8, 4) is 5.75 Å². The number of amides is 1. The Labute approximate surface area is 146 Å². The molecule has 0 spiro atoms. The number of anilines is 1. The molecule has 2 aromatic rings. The fourth-order valence-corrected chi connectivity index (χ4v) is 2.66. The molecule has 25 heavy (non-hydrogen) atoms. The highest BCUT2D eigenvalue weighted by Crippen LogP contribution is 2.18. The first-order valence-electron chi connectivity index (χ1n) is 8.25. The van der Waals surface area contributed by atoms with Crippen LogP contribution in [-0.4, -0.2) is 31.2 Å². The Balaban J connectivity index is 1.55. The number of morpholine rings is 1. The van der Waals surface area contributed by atoms with Gasteiger partial charge in [0.1, 0.15) is 24.2 Å². The number of rotatable bonds is 5. The minimum absolute atomic E-state index is 0.132. The zero-order valence-corrected chi connectivity index (χ0v) is 14.0. The SMILES string of the molecule is C[C@H]1OCCN[C@@H]1C(=O)Nc1ccc(OCc2ccccc2F)cc1. The van der Waals surface area contributed by atoms with Gasteiger partial charge in [-0.3, -0.25) is 4.79 Å². The van der Waals surface area contributed by atoms with Crippen LogP contribution in [0.15, 0.2) is 48.5 Å². The lowest BCUT2D eigenvalue weighted by Crippen LogP contribution is -2.53. The van der Waals surface area contributed by atoms with E-state index in [4.69, 9.17) is 9.47 Å². The fraction of sp³-hybridized carbons (Fsp3) is 0.316. The summed E-state index contributed by atoms with van der Waals surface area (Å²) in [6, 6.07) is 13.1. The predicted molar refractivity (Wildman–Crippen MR) is 93.0 cm³/mol. The van der Waals surface area contributed by atoms with Crippen molar-refractivity contribution in [3.63, 3.8) is 0 Å². The summed E-state index contributed by atoms with van der Waals surface area (Å²) in [7, 11) is 0. The summed E-state index contributed by atoms with van der Waals surface area (Å²) >= 11 is 0. The minimum Gasteiger partial charge on any atom is -0.489 e. The Bertz CT molecular complexity index is 721. The molecule has 3 rings (SSSR count). The number of carbonyl (C=O) groups excluding carboxylic acids is 1. The molecule has 0 bridgehead atoms. The van der Waals surface area contributed by atoms with Crippen LogP contribution in [0.3, 0.4) is 0 Å². The van der Waals surface area contributed by atoms with E-state index in [1.165, 1.54) is 6.07 Å². The van der Waals surface area contributed by atoms with Crippen LogP contribution in [0.4, 0.5) is 10.1 Å². The van der Waals surface area contributed by atoms with Gasteiger partial charge < -0.3 is 20.1 Å². The molecule has 132 valence electrons. The summed E-state index contributed by atoms with van der Waals surface area (Å²) in [5, 5.41) is 6.00. The maximum atomic E-state index is 13.6. The Morgan fingerprint density at radius 2 is 2.04 bits per heavy atom. The second-order valence-electron chi connectivity index (χ2n) is 5.90. The molecule has 1 fully saturated rings. The molecule has 0 aromatic heterocycles. The second-order valence-corrected chi connectivity index (χ2v) is 5.90. The van der Waals surface area contributed by atoms with Gasteiger partial charge in [-0.05, 0) is 37.3 Å². The molecule has 0 saturated carbocycles. The molecule has 2 atom stereocenters. The first-order valence-corrected chi connectivity index (χ1v) is 8.25. The number of benzene rings is 2. The van der Waals surface area contributed by atoms with Crippen LogP contribution in [0.1, 0.15) is 12.5 Å². The van der Waals surface area contributed by atoms with Crippen molar-refractivity contribution in [3.05, 3.63) is 59.9 Å². The quantitative estimate of drug-likeness (QED) is 0.876. The molecule has 6 heteroatoms. The van der Waals surface area contributed by atoms with Gasteiger partial charge in [0.2, 0.25) is 5.91 Å². The van der Waals surface area contributed by atoms with Crippen LogP contribution >= 0.6 is 0 Å². The average molecular weight is 344 g/mol. The molecule has 1 aliphatic heterocycles. The smallest absolute Gasteiger partial charge is 0.244 e. The molecular formula is C19H21FN2O3. The number of hydrogen-bond donors (Lipinski definition) is 2. The third-order valence-electron chi connectivity index (χ3n) is 4.07. The van der Waals surface area contributed by atoms with E-state index in [1.54, 1.807) is 42.5 Å². The fourth-order valence-electron chi connectivity index (χ4n) is 2.66. The van der Waals surface area contributed by atoms with Gasteiger partial charge in [0.15, 0.2) is 0 Å². The molecular weight excluding hydrogens is 323 g/mol. The van der Waals surface area contributed by atoms with E-state index in [2.05, 4.69) is 10.6 Å². The lowest BCUT2D eigenvalue weighted by molar-refractivity contribution is -0.123. The van der Waals surface area contributed by atoms with Gasteiger partial charge in [0.25, 0.3) is 0 Å². The molecule has 1 saturated heterocycles. The zero-order chi connectivity index (χ0) is 17.6. The van der Waals surface area contributed by atoms with Gasteiger partial charge in [-0.25, -0.2) is 4.39 Å². The standard InChI is InChI=1S/C19H21FN2O3/c1-13-18(21-10-11-24-13)19(23)22-15-6-8-16(9-7-15)25-12-14-4-2-3-5-17(14)20/h2-9,13,18,21H,10-12H2,1H3,(H,22,23)/t13-,18+/m1/s1. The van der Waals surface area contributed by atoms with Gasteiger partial charge in [-0.1, -0.05) is 18.2 Å². The van der Waals surface area contributed by atoms with Gasteiger partial charge >= 0.3 is 0 Å². The maximum Gasteiger partial charge on any atom is 0.244 e. The summed E-state index contributed by atoms with van der Waals surface area (Å²) in [6.45, 7) is 3.29. The van der Waals surface area contributed by atoms with Gasteiger partial charge in [-0.2, -0.15) is 0 Å². The molecule has 0 unspecified atom stereocenters. The van der Waals surface area contributed by atoms with Crippen LogP contribution in [0.2, 0.25) is 0 Å². The summed E-state index contributed by atoms with van der Waals surface area (Å²) in [6.07, 6.45) is -0.169. The first kappa shape index (κ1) is 17.4. The summed E-state index contributed by atoms with van der Waals surface area (Å²) < 4.78 is 24.6. The third-order valence-corrected chi connectivity index (χ3v) is 4.07. The predicted octanol–water partition coefficient (Wildman–Crippen LogP) is 2.72. The number of hydrogen-bond acceptors (Lipinski definition) is 4. The van der Waals surface area contributed by atoms with Crippen molar-refractivity contribution < 1.29 is 18.7 Å². The maximum absolute atomic E-state index is 13.6. The van der Waals surface area contributed by atoms with Crippen molar-refractivity contribution in [1.82, 2.24) is 5.32 Å². The van der Waals surface area contributed by atoms with Crippen LogP contribution in [-0.2, 0) is 16.1 Å². The van der Waals surface area contributed by atoms with Crippen LogP contribution in [0, 0.1) is 5.82 Å². The minimum atomic E-state index is -0.370. The summed E-state index contributed by atoms with van der Waals surface area (Å²) in [4.78, 5) is 12.3. The Kier molecular flexibility index (Phi) is 5.63. The normalized spacial score (nSPS) is 20.1. The highest BCUT2D eigenvalue weighted by Gasteiger charge is 2.28. The van der Waals surface area contributed by atoms with Crippen LogP contribution < -0.4 is 15.4 Å². The highest BCUT2D eigenvalue weighted by atomic mass is 19.1. The number of carbonyl (C=O) groups is 1. The van der Waals surface area contributed by atoms with Crippen molar-refractivity contribution in [1.29, 1.82) is 0 Å². The van der Waals surface area contributed by atoms with Gasteiger partial charge in [0, 0.05) is 17.8 Å². The van der Waals surface area contributed by atoms with Crippen molar-refractivity contribution in [2.75, 3.05) is 18.5 Å². The van der Waals surface area contributed by atoms with E-state index in [1.807, 2.05) is 6.92 Å². The molecule has 2 aromatic carbocycles. The topological polar surface area (TPSA) is 59.6 Å². The molecule has 1 aliphatic rings. The number of nitrogens with one attached hydrogen (secondary N) is 2. The van der Waals surface area contributed by atoms with Crippen molar-refractivity contribution in [2.45, 2.75) is 25.7 Å². The van der Waals surface area contributed by atoms with Crippen LogP contribution in [0.25, 0.3) is 0 Å². The van der Waals surface area contributed by atoms with Crippen molar-refractivity contribution >= 4 is 11.6 Å². The average Bonchev–Trinajstić information content (AvgIpc) is 2.62. The van der Waals surface area contributed by atoms with E-state index in [0.717, 1.165) is 0 Å². The zero-order valence-electron chi connectivity index (χ0n) is 14.0. The summed E-state index contributed by atoms with van der Waals surface area (Å²) in [5.74, 6) is 0.184. The van der Waals surface area contributed by atoms with Gasteiger partial charge in [-0.15, -0.1) is 0 Å². The molecule has 1 heterocycles. The Hall–Kier alpha value is -2.44. The van der Waals surface area contributed by atoms with E-state index in [-0.39, 0.29) is 30.5 Å². The molecule has 0 aliphatic carbocycles. The Morgan fingerprint density at radius 3 is 2.76 bits per heavy atom. The number of ether oxygens (including phenoxy) is 2. The molecule has 0 radical (unpaired) electrons. The summed E-state index contributed by atoms with van der Waals surface area (Å²) in [5.41, 5.74) is 1.17. The van der Waals surface area contributed by atoms with E-state index in [0.29, 0.717) is 30.2 Å². The lowest BCUT2D eigenvalue weighted by Gasteiger charge is -2.29. The third kappa shape index (κ3) is 4.55. The highest BCUT2D eigenvalue weighted by molar-refractivity contribution is 5.95. The van der Waals surface area contributed by atoms with E-state index in [9.17, 15) is 9.18 Å². The Morgan fingerprint density at radius 1 is 1.28 bits per heavy atom. The molecule has 5 nitrogen and oxygen atoms in total. The molecule has 2 N–H and O–H groups in total. The van der Waals surface area contributed by atoms with Crippen LogP contribution in [0.5, 0.6) is 5.75 Å². The first-order chi connectivity index (χ1) is 12.1. The lowest BCUT2D eigenvalue weighted by atomic mass is 10.1. The van der Waals surface area contributed by atoms with Crippen molar-refractivity contribution in [2.24, 2.45) is 0 Å². The van der Waals surface area contributed by atoms with E-state index < -0.39 is 0 Å². The number of halogens is 1. The van der Waals surface area contributed by atoms with Gasteiger partial charge in [0.05, 0.1) is 12.7 Å². The largest absolute Gasteiger partial charge is 0.489 e. The second kappa shape index (κ2) is 8.09.